The topological polar surface area (TPSA) is 230 Å². The highest BCUT2D eigenvalue weighted by Gasteiger charge is 2.43. The van der Waals surface area contributed by atoms with E-state index in [2.05, 4.69) is 4.98 Å². The van der Waals surface area contributed by atoms with Crippen LogP contribution in [-0.4, -0.2) is 71.8 Å². The summed E-state index contributed by atoms with van der Waals surface area (Å²) in [6, 6.07) is 1.35. The molecule has 198 valence electrons. The van der Waals surface area contributed by atoms with E-state index in [1.54, 1.807) is 4.98 Å². The average Bonchev–Trinajstić information content (AvgIpc) is 3.37. The lowest BCUT2D eigenvalue weighted by Gasteiger charge is -2.21. The number of nitrogen functional groups attached to an aromatic ring is 1. The summed E-state index contributed by atoms with van der Waals surface area (Å²) in [5.41, 5.74) is 2.53. The summed E-state index contributed by atoms with van der Waals surface area (Å²) in [7, 11) is -4.81. The molecule has 36 heavy (non-hydrogen) atoms. The molecule has 2 saturated heterocycles. The summed E-state index contributed by atoms with van der Waals surface area (Å²) in [6.45, 7) is -1.26. The Labute approximate surface area is 200 Å². The van der Waals surface area contributed by atoms with Crippen LogP contribution in [0.25, 0.3) is 0 Å². The van der Waals surface area contributed by atoms with Gasteiger partial charge in [-0.1, -0.05) is 0 Å². The Balaban J connectivity index is 1.37. The molecule has 0 aromatic carbocycles. The molecule has 0 spiro atoms. The number of anilines is 1. The molecule has 4 rings (SSSR count). The number of ether oxygens (including phenoxy) is 2. The van der Waals surface area contributed by atoms with Crippen LogP contribution in [0, 0.1) is 5.82 Å². The Bertz CT molecular complexity index is 1330. The van der Waals surface area contributed by atoms with Crippen LogP contribution in [0.3, 0.4) is 0 Å². The number of phosphoric acid groups is 1. The highest BCUT2D eigenvalue weighted by atomic mass is 31.2. The van der Waals surface area contributed by atoms with E-state index in [0.29, 0.717) is 6.20 Å². The second kappa shape index (κ2) is 10.3. The molecular formula is C18H23FN5O11P. The molecule has 0 aliphatic carbocycles. The van der Waals surface area contributed by atoms with Gasteiger partial charge in [-0.2, -0.15) is 9.37 Å². The largest absolute Gasteiger partial charge is 0.472 e. The van der Waals surface area contributed by atoms with E-state index in [9.17, 15) is 38.4 Å². The fraction of sp³-hybridized carbons (Fsp3) is 0.556. The van der Waals surface area contributed by atoms with Gasteiger partial charge in [-0.3, -0.25) is 28.0 Å². The van der Waals surface area contributed by atoms with Crippen molar-refractivity contribution in [2.75, 3.05) is 18.9 Å². The quantitative estimate of drug-likeness (QED) is 0.229. The fourth-order valence-corrected chi connectivity index (χ4v) is 4.83. The van der Waals surface area contributed by atoms with Crippen LogP contribution in [0.1, 0.15) is 25.3 Å². The highest BCUT2D eigenvalue weighted by molar-refractivity contribution is 7.47. The number of aromatic nitrogens is 4. The van der Waals surface area contributed by atoms with Crippen LogP contribution in [0.2, 0.25) is 0 Å². The number of aliphatic hydroxyl groups excluding tert-OH is 2. The average molecular weight is 535 g/mol. The molecule has 2 aliphatic rings. The van der Waals surface area contributed by atoms with Crippen LogP contribution in [0.15, 0.2) is 32.8 Å². The third-order valence-electron chi connectivity index (χ3n) is 5.63. The zero-order chi connectivity index (χ0) is 26.2. The molecule has 1 unspecified atom stereocenters. The molecule has 7 atom stereocenters. The Morgan fingerprint density at radius 2 is 1.92 bits per heavy atom. The number of nitrogens with one attached hydrogen (secondary N) is 1. The Hall–Kier alpha value is -2.76. The van der Waals surface area contributed by atoms with Crippen LogP contribution in [-0.2, 0) is 23.1 Å². The van der Waals surface area contributed by atoms with Crippen LogP contribution in [0.4, 0.5) is 10.2 Å². The van der Waals surface area contributed by atoms with Gasteiger partial charge in [0.1, 0.15) is 36.6 Å². The second-order valence-corrected chi connectivity index (χ2v) is 9.48. The van der Waals surface area contributed by atoms with Crippen molar-refractivity contribution in [1.29, 1.82) is 0 Å². The molecular weight excluding hydrogens is 512 g/mol. The summed E-state index contributed by atoms with van der Waals surface area (Å²) in [6.07, 6.45) is -5.25. The van der Waals surface area contributed by atoms with Crippen molar-refractivity contribution in [1.82, 2.24) is 19.1 Å². The molecule has 4 heterocycles. The van der Waals surface area contributed by atoms with Gasteiger partial charge in [-0.25, -0.2) is 14.2 Å². The van der Waals surface area contributed by atoms with Crippen molar-refractivity contribution < 1.29 is 42.6 Å². The van der Waals surface area contributed by atoms with Crippen molar-refractivity contribution in [3.8, 4) is 0 Å². The van der Waals surface area contributed by atoms with Gasteiger partial charge in [0.05, 0.1) is 25.5 Å². The van der Waals surface area contributed by atoms with E-state index in [-0.39, 0.29) is 18.7 Å². The number of hydrogen-bond acceptors (Lipinski definition) is 12. The Morgan fingerprint density at radius 1 is 1.22 bits per heavy atom. The normalized spacial score (nSPS) is 29.9. The monoisotopic (exact) mass is 535 g/mol. The summed E-state index contributed by atoms with van der Waals surface area (Å²) in [5, 5.41) is 19.8. The van der Waals surface area contributed by atoms with E-state index in [1.165, 1.54) is 12.3 Å². The summed E-state index contributed by atoms with van der Waals surface area (Å²) < 4.78 is 48.9. The minimum atomic E-state index is -4.81. The first-order valence-electron chi connectivity index (χ1n) is 10.6. The van der Waals surface area contributed by atoms with Crippen molar-refractivity contribution in [3.05, 3.63) is 55.6 Å². The van der Waals surface area contributed by atoms with E-state index in [1.807, 2.05) is 0 Å². The third-order valence-corrected chi connectivity index (χ3v) is 6.64. The molecule has 18 heteroatoms. The maximum atomic E-state index is 13.6. The Kier molecular flexibility index (Phi) is 7.53. The second-order valence-electron chi connectivity index (χ2n) is 8.07. The number of aromatic amines is 1. The van der Waals surface area contributed by atoms with Gasteiger partial charge in [0, 0.05) is 19.0 Å². The summed E-state index contributed by atoms with van der Waals surface area (Å²) in [5.74, 6) is -1.25. The molecule has 2 aromatic heterocycles. The summed E-state index contributed by atoms with van der Waals surface area (Å²) in [4.78, 5) is 50.6. The molecule has 2 aromatic rings. The maximum Gasteiger partial charge on any atom is 0.472 e. The van der Waals surface area contributed by atoms with Crippen molar-refractivity contribution >= 4 is 13.6 Å². The van der Waals surface area contributed by atoms with Gasteiger partial charge < -0.3 is 30.3 Å². The number of aliphatic hydroxyl groups is 2. The lowest BCUT2D eigenvalue weighted by atomic mass is 10.2. The lowest BCUT2D eigenvalue weighted by Crippen LogP contribution is -2.34. The van der Waals surface area contributed by atoms with Crippen LogP contribution >= 0.6 is 7.82 Å². The first-order chi connectivity index (χ1) is 17.0. The van der Waals surface area contributed by atoms with Crippen LogP contribution < -0.4 is 22.7 Å². The van der Waals surface area contributed by atoms with Gasteiger partial charge in [0.25, 0.3) is 5.56 Å². The SMILES string of the molecule is Nc1ccn([C@H]2C[C@H](OP(=O)(O)OC[C@H]3O[C@@H](n4cc(F)c(=O)[nH]c4=O)C[C@@H]3O)[C@@H](CO)O2)c(=O)n1. The van der Waals surface area contributed by atoms with Crippen molar-refractivity contribution in [2.45, 2.75) is 49.7 Å². The molecule has 0 bridgehead atoms. The number of phosphoric ester groups is 1. The minimum absolute atomic E-state index is 0.0110. The predicted octanol–water partition coefficient (Wildman–Crippen LogP) is -2.05. The minimum Gasteiger partial charge on any atom is -0.394 e. The number of nitrogens with two attached hydrogens (primary N) is 1. The number of halogens is 1. The number of nitrogens with zero attached hydrogens (tertiary/aromatic N) is 3. The molecule has 0 radical (unpaired) electrons. The molecule has 0 amide bonds. The van der Waals surface area contributed by atoms with Crippen molar-refractivity contribution in [2.24, 2.45) is 0 Å². The maximum absolute atomic E-state index is 13.6. The van der Waals surface area contributed by atoms with Gasteiger partial charge in [0.15, 0.2) is 0 Å². The van der Waals surface area contributed by atoms with Gasteiger partial charge in [0.2, 0.25) is 5.82 Å². The van der Waals surface area contributed by atoms with Crippen molar-refractivity contribution in [3.63, 3.8) is 0 Å². The van der Waals surface area contributed by atoms with E-state index >= 15 is 0 Å². The fourth-order valence-electron chi connectivity index (χ4n) is 3.87. The predicted molar refractivity (Wildman–Crippen MR) is 115 cm³/mol. The van der Waals surface area contributed by atoms with Gasteiger partial charge in [-0.15, -0.1) is 0 Å². The number of hydrogen-bond donors (Lipinski definition) is 5. The number of H-pyrrole nitrogens is 1. The van der Waals surface area contributed by atoms with Gasteiger partial charge >= 0.3 is 19.2 Å². The first kappa shape index (κ1) is 26.3. The molecule has 2 aliphatic heterocycles. The van der Waals surface area contributed by atoms with E-state index < -0.39 is 80.7 Å². The highest BCUT2D eigenvalue weighted by Crippen LogP contribution is 2.48. The van der Waals surface area contributed by atoms with E-state index in [0.717, 1.165) is 9.13 Å². The van der Waals surface area contributed by atoms with E-state index in [4.69, 9.17) is 24.3 Å². The standard InChI is InChI=1S/C18H23FN5O11P/c19-8-5-24(18(29)22-16(8)27)14-3-9(26)12(34-14)7-32-36(30,31)35-10-4-15(33-11(10)6-25)23-2-1-13(20)21-17(23)28/h1-2,5,9-12,14-15,25-26H,3-4,6-7H2,(H,30,31)(H2,20,21,28)(H,22,27,29)/t9-,10-,11+,12+,14+,15+/m0/s1. The van der Waals surface area contributed by atoms with Crippen LogP contribution in [0.5, 0.6) is 0 Å². The molecule has 6 N–H and O–H groups in total. The third kappa shape index (κ3) is 5.63. The zero-order valence-electron chi connectivity index (χ0n) is 18.4. The molecule has 16 nitrogen and oxygen atoms in total. The zero-order valence-corrected chi connectivity index (χ0v) is 19.3. The summed E-state index contributed by atoms with van der Waals surface area (Å²) >= 11 is 0. The van der Waals surface area contributed by atoms with Gasteiger partial charge in [-0.05, 0) is 6.07 Å². The first-order valence-corrected chi connectivity index (χ1v) is 12.1. The lowest BCUT2D eigenvalue weighted by molar-refractivity contribution is -0.0576. The number of rotatable bonds is 8. The Morgan fingerprint density at radius 3 is 2.61 bits per heavy atom. The smallest absolute Gasteiger partial charge is 0.394 e. The molecule has 2 fully saturated rings. The molecule has 0 saturated carbocycles.